The second-order valence-corrected chi connectivity index (χ2v) is 5.11. The van der Waals surface area contributed by atoms with Crippen molar-refractivity contribution in [2.24, 2.45) is 11.8 Å². The molecule has 0 aliphatic heterocycles. The SMILES string of the molecule is C[C@H]1CC(OS(=O)(=O)O)C[C@H](C)C1. The Morgan fingerprint density at radius 2 is 1.62 bits per heavy atom. The van der Waals surface area contributed by atoms with E-state index in [4.69, 9.17) is 4.55 Å². The quantitative estimate of drug-likeness (QED) is 0.700. The van der Waals surface area contributed by atoms with Gasteiger partial charge >= 0.3 is 10.4 Å². The fourth-order valence-electron chi connectivity index (χ4n) is 2.12. The lowest BCUT2D eigenvalue weighted by Crippen LogP contribution is -2.28. The highest BCUT2D eigenvalue weighted by atomic mass is 32.3. The molecule has 0 bridgehead atoms. The van der Waals surface area contributed by atoms with Crippen LogP contribution in [0, 0.1) is 11.8 Å². The van der Waals surface area contributed by atoms with Gasteiger partial charge in [-0.2, -0.15) is 8.42 Å². The van der Waals surface area contributed by atoms with Gasteiger partial charge in [0.15, 0.2) is 0 Å². The van der Waals surface area contributed by atoms with Crippen LogP contribution in [0.5, 0.6) is 0 Å². The minimum absolute atomic E-state index is 0.339. The fraction of sp³-hybridized carbons (Fsp3) is 1.00. The predicted molar refractivity (Wildman–Crippen MR) is 48.6 cm³/mol. The summed E-state index contributed by atoms with van der Waals surface area (Å²) in [5.41, 5.74) is 0. The van der Waals surface area contributed by atoms with Crippen molar-refractivity contribution in [2.75, 3.05) is 0 Å². The van der Waals surface area contributed by atoms with Crippen molar-refractivity contribution in [3.05, 3.63) is 0 Å². The second kappa shape index (κ2) is 3.94. The molecule has 0 aromatic heterocycles. The van der Waals surface area contributed by atoms with Crippen molar-refractivity contribution < 1.29 is 17.2 Å². The molecule has 1 aliphatic carbocycles. The minimum Gasteiger partial charge on any atom is -0.264 e. The van der Waals surface area contributed by atoms with Crippen molar-refractivity contribution in [3.8, 4) is 0 Å². The largest absolute Gasteiger partial charge is 0.397 e. The van der Waals surface area contributed by atoms with Crippen LogP contribution in [0.1, 0.15) is 33.1 Å². The summed E-state index contributed by atoms with van der Waals surface area (Å²) >= 11 is 0. The van der Waals surface area contributed by atoms with Gasteiger partial charge in [-0.25, -0.2) is 4.18 Å². The fourth-order valence-corrected chi connectivity index (χ4v) is 2.62. The average molecular weight is 208 g/mol. The second-order valence-electron chi connectivity index (χ2n) is 4.06. The standard InChI is InChI=1S/C8H16O4S/c1-6-3-7(2)5-8(4-6)12-13(9,10)11/h6-8H,3-5H2,1-2H3,(H,9,10,11)/t6-,7-/m1/s1. The zero-order valence-electron chi connectivity index (χ0n) is 7.93. The Hall–Kier alpha value is -0.130. The smallest absolute Gasteiger partial charge is 0.264 e. The summed E-state index contributed by atoms with van der Waals surface area (Å²) in [6.07, 6.45) is 2.19. The van der Waals surface area contributed by atoms with Gasteiger partial charge in [0, 0.05) is 0 Å². The Morgan fingerprint density at radius 1 is 1.15 bits per heavy atom. The highest BCUT2D eigenvalue weighted by molar-refractivity contribution is 7.80. The molecule has 0 aromatic carbocycles. The van der Waals surface area contributed by atoms with Crippen LogP contribution in [-0.2, 0) is 14.6 Å². The first-order chi connectivity index (χ1) is 5.87. The van der Waals surface area contributed by atoms with Crippen LogP contribution in [-0.4, -0.2) is 19.1 Å². The molecule has 4 nitrogen and oxygen atoms in total. The molecule has 5 heteroatoms. The first-order valence-corrected chi connectivity index (χ1v) is 5.89. The third-order valence-electron chi connectivity index (χ3n) is 2.39. The summed E-state index contributed by atoms with van der Waals surface area (Å²) in [6.45, 7) is 4.13. The molecule has 1 rings (SSSR count). The van der Waals surface area contributed by atoms with E-state index in [1.807, 2.05) is 0 Å². The van der Waals surface area contributed by atoms with Gasteiger partial charge in [0.1, 0.15) is 0 Å². The lowest BCUT2D eigenvalue weighted by molar-refractivity contribution is 0.0945. The monoisotopic (exact) mass is 208 g/mol. The van der Waals surface area contributed by atoms with Crippen LogP contribution in [0.3, 0.4) is 0 Å². The van der Waals surface area contributed by atoms with Gasteiger partial charge < -0.3 is 0 Å². The lowest BCUT2D eigenvalue weighted by Gasteiger charge is -2.29. The summed E-state index contributed by atoms with van der Waals surface area (Å²) in [6, 6.07) is 0. The summed E-state index contributed by atoms with van der Waals surface area (Å²) in [7, 11) is -4.27. The normalized spacial score (nSPS) is 36.1. The molecule has 0 heterocycles. The van der Waals surface area contributed by atoms with E-state index in [9.17, 15) is 8.42 Å². The summed E-state index contributed by atoms with van der Waals surface area (Å²) < 4.78 is 33.9. The molecule has 13 heavy (non-hydrogen) atoms. The maximum atomic E-state index is 10.4. The maximum Gasteiger partial charge on any atom is 0.397 e. The van der Waals surface area contributed by atoms with E-state index in [1.54, 1.807) is 0 Å². The van der Waals surface area contributed by atoms with Crippen molar-refractivity contribution >= 4 is 10.4 Å². The van der Waals surface area contributed by atoms with E-state index in [0.717, 1.165) is 6.42 Å². The Morgan fingerprint density at radius 3 is 2.00 bits per heavy atom. The molecular weight excluding hydrogens is 192 g/mol. The highest BCUT2D eigenvalue weighted by Gasteiger charge is 2.27. The van der Waals surface area contributed by atoms with Crippen LogP contribution in [0.15, 0.2) is 0 Å². The van der Waals surface area contributed by atoms with Crippen LogP contribution >= 0.6 is 0 Å². The third-order valence-corrected chi connectivity index (χ3v) is 2.91. The van der Waals surface area contributed by atoms with Crippen LogP contribution in [0.2, 0.25) is 0 Å². The molecule has 2 atom stereocenters. The predicted octanol–water partition coefficient (Wildman–Crippen LogP) is 1.63. The molecule has 0 saturated heterocycles. The molecule has 1 N–H and O–H groups in total. The van der Waals surface area contributed by atoms with Crippen LogP contribution in [0.4, 0.5) is 0 Å². The molecule has 0 amide bonds. The minimum atomic E-state index is -4.27. The van der Waals surface area contributed by atoms with Crippen molar-refractivity contribution in [1.82, 2.24) is 0 Å². The van der Waals surface area contributed by atoms with Gasteiger partial charge in [-0.3, -0.25) is 4.55 Å². The van der Waals surface area contributed by atoms with Crippen molar-refractivity contribution in [3.63, 3.8) is 0 Å². The van der Waals surface area contributed by atoms with Gasteiger partial charge in [-0.1, -0.05) is 13.8 Å². The van der Waals surface area contributed by atoms with Gasteiger partial charge in [0.25, 0.3) is 0 Å². The Bertz CT molecular complexity index is 249. The zero-order chi connectivity index (χ0) is 10.1. The molecule has 78 valence electrons. The van der Waals surface area contributed by atoms with Crippen molar-refractivity contribution in [1.29, 1.82) is 0 Å². The Balaban J connectivity index is 2.51. The van der Waals surface area contributed by atoms with E-state index in [-0.39, 0.29) is 6.10 Å². The number of rotatable bonds is 2. The van der Waals surface area contributed by atoms with Gasteiger partial charge in [-0.15, -0.1) is 0 Å². The van der Waals surface area contributed by atoms with E-state index >= 15 is 0 Å². The molecule has 1 fully saturated rings. The Labute approximate surface area is 79.2 Å². The molecular formula is C8H16O4S. The van der Waals surface area contributed by atoms with E-state index in [1.165, 1.54) is 0 Å². The molecule has 0 radical (unpaired) electrons. The summed E-state index contributed by atoms with van der Waals surface area (Å²) in [4.78, 5) is 0. The maximum absolute atomic E-state index is 10.4. The van der Waals surface area contributed by atoms with E-state index < -0.39 is 10.4 Å². The first-order valence-electron chi connectivity index (χ1n) is 4.52. The molecule has 1 aliphatic rings. The van der Waals surface area contributed by atoms with Crippen molar-refractivity contribution in [2.45, 2.75) is 39.2 Å². The summed E-state index contributed by atoms with van der Waals surface area (Å²) in [5, 5.41) is 0. The lowest BCUT2D eigenvalue weighted by atomic mass is 9.82. The highest BCUT2D eigenvalue weighted by Crippen LogP contribution is 2.30. The van der Waals surface area contributed by atoms with Gasteiger partial charge in [-0.05, 0) is 31.1 Å². The Kier molecular flexibility index (Phi) is 3.32. The summed E-state index contributed by atoms with van der Waals surface area (Å²) in [5.74, 6) is 0.936. The zero-order valence-corrected chi connectivity index (χ0v) is 8.75. The average Bonchev–Trinajstić information content (AvgIpc) is 1.78. The topological polar surface area (TPSA) is 63.6 Å². The molecule has 0 aromatic rings. The third kappa shape index (κ3) is 4.06. The van der Waals surface area contributed by atoms with Gasteiger partial charge in [0.2, 0.25) is 0 Å². The van der Waals surface area contributed by atoms with E-state index in [2.05, 4.69) is 18.0 Å². The molecule has 0 unspecified atom stereocenters. The molecule has 1 saturated carbocycles. The number of hydrogen-bond donors (Lipinski definition) is 1. The number of hydrogen-bond acceptors (Lipinski definition) is 3. The van der Waals surface area contributed by atoms with Crippen LogP contribution in [0.25, 0.3) is 0 Å². The van der Waals surface area contributed by atoms with Gasteiger partial charge in [0.05, 0.1) is 6.10 Å². The first kappa shape index (κ1) is 10.9. The van der Waals surface area contributed by atoms with E-state index in [0.29, 0.717) is 24.7 Å². The molecule has 0 spiro atoms. The van der Waals surface area contributed by atoms with Crippen LogP contribution < -0.4 is 0 Å².